The van der Waals surface area contributed by atoms with Gasteiger partial charge in [0, 0.05) is 25.7 Å². The molecule has 3 nitrogen and oxygen atoms in total. The number of benzene rings is 1. The van der Waals surface area contributed by atoms with E-state index in [0.717, 1.165) is 23.1 Å². The Balaban J connectivity index is 3.01. The molecule has 0 heterocycles. The molecular formula is C10H14N2O. The average Bonchev–Trinajstić information content (AvgIpc) is 2.18. The third-order valence-corrected chi connectivity index (χ3v) is 1.98. The van der Waals surface area contributed by atoms with E-state index in [9.17, 15) is 4.79 Å². The normalized spacial score (nSPS) is 9.69. The molecule has 0 saturated heterocycles. The Hall–Kier alpha value is -1.35. The third kappa shape index (κ3) is 2.29. The summed E-state index contributed by atoms with van der Waals surface area (Å²) in [7, 11) is 1.84. The van der Waals surface area contributed by atoms with Gasteiger partial charge in [0.05, 0.1) is 0 Å². The number of hydrogen-bond donors (Lipinski definition) is 2. The first kappa shape index (κ1) is 9.74. The van der Waals surface area contributed by atoms with Crippen LogP contribution in [0.25, 0.3) is 0 Å². The van der Waals surface area contributed by atoms with E-state index in [2.05, 4.69) is 5.32 Å². The summed E-state index contributed by atoms with van der Waals surface area (Å²) in [5.74, 6) is 0. The number of nitrogens with one attached hydrogen (secondary N) is 1. The van der Waals surface area contributed by atoms with Gasteiger partial charge < -0.3 is 15.8 Å². The fourth-order valence-corrected chi connectivity index (χ4v) is 1.28. The van der Waals surface area contributed by atoms with Gasteiger partial charge in [-0.3, -0.25) is 0 Å². The number of anilines is 1. The Morgan fingerprint density at radius 1 is 1.54 bits per heavy atom. The molecule has 1 aromatic carbocycles. The van der Waals surface area contributed by atoms with E-state index in [1.807, 2.05) is 25.2 Å². The minimum absolute atomic E-state index is 0.435. The number of nitrogens with two attached hydrogens (primary N) is 1. The quantitative estimate of drug-likeness (QED) is 0.674. The summed E-state index contributed by atoms with van der Waals surface area (Å²) in [6.07, 6.45) is 1.33. The zero-order chi connectivity index (χ0) is 9.68. The van der Waals surface area contributed by atoms with Crippen LogP contribution >= 0.6 is 0 Å². The van der Waals surface area contributed by atoms with E-state index in [4.69, 9.17) is 5.73 Å². The summed E-state index contributed by atoms with van der Waals surface area (Å²) in [4.78, 5) is 10.4. The Labute approximate surface area is 77.9 Å². The van der Waals surface area contributed by atoms with Crippen molar-refractivity contribution in [2.45, 2.75) is 13.0 Å². The van der Waals surface area contributed by atoms with Crippen LogP contribution in [0.3, 0.4) is 0 Å². The predicted molar refractivity (Wildman–Crippen MR) is 53.6 cm³/mol. The molecule has 0 radical (unpaired) electrons. The monoisotopic (exact) mass is 178 g/mol. The predicted octanol–water partition coefficient (Wildman–Crippen LogP) is 0.928. The van der Waals surface area contributed by atoms with Gasteiger partial charge in [-0.1, -0.05) is 12.1 Å². The van der Waals surface area contributed by atoms with Crippen molar-refractivity contribution in [1.29, 1.82) is 0 Å². The molecule has 13 heavy (non-hydrogen) atoms. The molecule has 0 unspecified atom stereocenters. The average molecular weight is 178 g/mol. The maximum Gasteiger partial charge on any atom is 0.124 e. The van der Waals surface area contributed by atoms with Crippen molar-refractivity contribution in [3.63, 3.8) is 0 Å². The van der Waals surface area contributed by atoms with E-state index in [-0.39, 0.29) is 0 Å². The first-order valence-corrected chi connectivity index (χ1v) is 4.25. The first-order chi connectivity index (χ1) is 6.31. The minimum atomic E-state index is 0.435. The molecule has 0 saturated carbocycles. The van der Waals surface area contributed by atoms with Crippen molar-refractivity contribution in [3.8, 4) is 0 Å². The third-order valence-electron chi connectivity index (χ3n) is 1.98. The minimum Gasteiger partial charge on any atom is -0.388 e. The number of rotatable bonds is 4. The largest absolute Gasteiger partial charge is 0.388 e. The number of hydrogen-bond acceptors (Lipinski definition) is 3. The van der Waals surface area contributed by atoms with Crippen molar-refractivity contribution < 1.29 is 4.79 Å². The van der Waals surface area contributed by atoms with Crippen LogP contribution in [-0.4, -0.2) is 13.3 Å². The van der Waals surface area contributed by atoms with Gasteiger partial charge >= 0.3 is 0 Å². The fraction of sp³-hybridized carbons (Fsp3) is 0.300. The van der Waals surface area contributed by atoms with Crippen LogP contribution in [0.1, 0.15) is 11.1 Å². The lowest BCUT2D eigenvalue weighted by atomic mass is 10.1. The summed E-state index contributed by atoms with van der Waals surface area (Å²) in [6.45, 7) is 0.510. The molecule has 0 aliphatic heterocycles. The topological polar surface area (TPSA) is 55.1 Å². The van der Waals surface area contributed by atoms with Crippen LogP contribution in [0.4, 0.5) is 5.69 Å². The highest BCUT2D eigenvalue weighted by Crippen LogP contribution is 2.16. The highest BCUT2D eigenvalue weighted by atomic mass is 16.1. The zero-order valence-corrected chi connectivity index (χ0v) is 7.71. The maximum absolute atomic E-state index is 10.4. The molecule has 0 spiro atoms. The molecule has 0 atom stereocenters. The van der Waals surface area contributed by atoms with Crippen molar-refractivity contribution in [2.24, 2.45) is 5.73 Å². The van der Waals surface area contributed by atoms with Gasteiger partial charge in [-0.15, -0.1) is 0 Å². The summed E-state index contributed by atoms with van der Waals surface area (Å²) >= 11 is 0. The summed E-state index contributed by atoms with van der Waals surface area (Å²) in [5.41, 5.74) is 8.54. The van der Waals surface area contributed by atoms with Crippen LogP contribution in [0.5, 0.6) is 0 Å². The molecular weight excluding hydrogens is 164 g/mol. The lowest BCUT2D eigenvalue weighted by Gasteiger charge is -2.07. The Morgan fingerprint density at radius 2 is 2.31 bits per heavy atom. The number of aldehydes is 1. The molecule has 3 heteroatoms. The van der Waals surface area contributed by atoms with Crippen LogP contribution in [0.2, 0.25) is 0 Å². The van der Waals surface area contributed by atoms with E-state index in [1.165, 1.54) is 0 Å². The Bertz CT molecular complexity index is 297. The van der Waals surface area contributed by atoms with E-state index < -0.39 is 0 Å². The standard InChI is InChI=1S/C10H14N2O/c1-12-10-3-2-8(7-11)6-9(10)4-5-13/h2-3,5-6,12H,4,7,11H2,1H3. The van der Waals surface area contributed by atoms with Crippen LogP contribution < -0.4 is 11.1 Å². The van der Waals surface area contributed by atoms with E-state index in [1.54, 1.807) is 0 Å². The number of carbonyl (C=O) groups is 1. The second kappa shape index (κ2) is 4.62. The summed E-state index contributed by atoms with van der Waals surface area (Å²) < 4.78 is 0. The molecule has 1 aromatic rings. The molecule has 3 N–H and O–H groups in total. The smallest absolute Gasteiger partial charge is 0.124 e. The molecule has 0 aliphatic carbocycles. The van der Waals surface area contributed by atoms with E-state index in [0.29, 0.717) is 13.0 Å². The van der Waals surface area contributed by atoms with Crippen molar-refractivity contribution >= 4 is 12.0 Å². The molecule has 0 bridgehead atoms. The molecule has 0 amide bonds. The molecule has 0 aliphatic rings. The highest BCUT2D eigenvalue weighted by Gasteiger charge is 2.00. The van der Waals surface area contributed by atoms with Gasteiger partial charge in [0.2, 0.25) is 0 Å². The van der Waals surface area contributed by atoms with Gasteiger partial charge in [-0.25, -0.2) is 0 Å². The molecule has 1 rings (SSSR count). The van der Waals surface area contributed by atoms with Crippen molar-refractivity contribution in [2.75, 3.05) is 12.4 Å². The Kier molecular flexibility index (Phi) is 3.46. The van der Waals surface area contributed by atoms with E-state index >= 15 is 0 Å². The SMILES string of the molecule is CNc1ccc(CN)cc1CC=O. The summed E-state index contributed by atoms with van der Waals surface area (Å²) in [5, 5.41) is 3.03. The lowest BCUT2D eigenvalue weighted by Crippen LogP contribution is -2.01. The molecule has 0 aromatic heterocycles. The first-order valence-electron chi connectivity index (χ1n) is 4.25. The van der Waals surface area contributed by atoms with Crippen molar-refractivity contribution in [3.05, 3.63) is 29.3 Å². The van der Waals surface area contributed by atoms with Crippen molar-refractivity contribution in [1.82, 2.24) is 0 Å². The second-order valence-corrected chi connectivity index (χ2v) is 2.82. The second-order valence-electron chi connectivity index (χ2n) is 2.82. The highest BCUT2D eigenvalue weighted by molar-refractivity contribution is 5.63. The van der Waals surface area contributed by atoms with Gasteiger partial charge in [0.15, 0.2) is 0 Å². The zero-order valence-electron chi connectivity index (χ0n) is 7.71. The van der Waals surface area contributed by atoms with Crippen LogP contribution in [-0.2, 0) is 17.8 Å². The molecule has 0 fully saturated rings. The Morgan fingerprint density at radius 3 is 2.85 bits per heavy atom. The fourth-order valence-electron chi connectivity index (χ4n) is 1.28. The molecule has 70 valence electrons. The van der Waals surface area contributed by atoms with Gasteiger partial charge in [0.25, 0.3) is 0 Å². The lowest BCUT2D eigenvalue weighted by molar-refractivity contribution is -0.107. The van der Waals surface area contributed by atoms with Gasteiger partial charge in [0.1, 0.15) is 6.29 Å². The maximum atomic E-state index is 10.4. The van der Waals surface area contributed by atoms with Gasteiger partial charge in [-0.2, -0.15) is 0 Å². The van der Waals surface area contributed by atoms with Crippen LogP contribution in [0.15, 0.2) is 18.2 Å². The van der Waals surface area contributed by atoms with Crippen LogP contribution in [0, 0.1) is 0 Å². The summed E-state index contributed by atoms with van der Waals surface area (Å²) in [6, 6.07) is 5.86. The number of carbonyl (C=O) groups excluding carboxylic acids is 1. The van der Waals surface area contributed by atoms with Gasteiger partial charge in [-0.05, 0) is 17.2 Å².